The molecule has 0 saturated carbocycles. The molecule has 1 heterocycles. The number of nitrogens with two attached hydrogens (primary N) is 1. The average Bonchev–Trinajstić information content (AvgIpc) is 2.70. The smallest absolute Gasteiger partial charge is 0.170 e. The third-order valence-corrected chi connectivity index (χ3v) is 2.52. The Morgan fingerprint density at radius 1 is 1.47 bits per heavy atom. The number of halogens is 1. The topological polar surface area (TPSA) is 69.6 Å². The lowest BCUT2D eigenvalue weighted by atomic mass is 10.2. The molecule has 5 nitrogen and oxygen atoms in total. The molecular weight excluding hydrogens is 214 g/mol. The van der Waals surface area contributed by atoms with Crippen LogP contribution in [-0.2, 0) is 6.54 Å². The van der Waals surface area contributed by atoms with Gasteiger partial charge in [0.2, 0.25) is 0 Å². The van der Waals surface area contributed by atoms with Crippen LogP contribution in [0.3, 0.4) is 0 Å². The maximum atomic E-state index is 6.01. The number of aryl methyl sites for hydroxylation is 1. The predicted molar refractivity (Wildman–Crippen MR) is 56.8 cm³/mol. The van der Waals surface area contributed by atoms with Crippen LogP contribution < -0.4 is 5.73 Å². The molecule has 0 radical (unpaired) electrons. The molecule has 0 aliphatic heterocycles. The van der Waals surface area contributed by atoms with Crippen LogP contribution in [0.15, 0.2) is 18.2 Å². The van der Waals surface area contributed by atoms with Crippen molar-refractivity contribution >= 4 is 11.6 Å². The minimum absolute atomic E-state index is 0.290. The molecule has 2 rings (SSSR count). The Bertz CT molecular complexity index is 479. The zero-order valence-corrected chi connectivity index (χ0v) is 8.94. The van der Waals surface area contributed by atoms with Crippen LogP contribution in [0.1, 0.15) is 11.4 Å². The first-order chi connectivity index (χ1) is 7.22. The highest BCUT2D eigenvalue weighted by atomic mass is 35.5. The minimum atomic E-state index is 0.290. The molecule has 15 heavy (non-hydrogen) atoms. The van der Waals surface area contributed by atoms with Gasteiger partial charge in [-0.15, -0.1) is 5.10 Å². The molecule has 0 saturated heterocycles. The Kier molecular flexibility index (Phi) is 2.66. The van der Waals surface area contributed by atoms with Crippen LogP contribution in [0, 0.1) is 6.92 Å². The monoisotopic (exact) mass is 223 g/mol. The molecule has 0 unspecified atom stereocenters. The highest BCUT2D eigenvalue weighted by molar-refractivity contribution is 6.31. The lowest BCUT2D eigenvalue weighted by Gasteiger charge is -2.04. The van der Waals surface area contributed by atoms with Crippen molar-refractivity contribution in [3.63, 3.8) is 0 Å². The average molecular weight is 224 g/mol. The van der Waals surface area contributed by atoms with E-state index in [1.165, 1.54) is 0 Å². The fourth-order valence-corrected chi connectivity index (χ4v) is 1.42. The van der Waals surface area contributed by atoms with E-state index in [0.29, 0.717) is 17.4 Å². The second-order valence-electron chi connectivity index (χ2n) is 3.14. The molecule has 78 valence electrons. The molecule has 1 aromatic heterocycles. The second-order valence-corrected chi connectivity index (χ2v) is 3.55. The molecule has 0 spiro atoms. The van der Waals surface area contributed by atoms with Gasteiger partial charge in [-0.3, -0.25) is 0 Å². The van der Waals surface area contributed by atoms with E-state index in [9.17, 15) is 0 Å². The number of hydrogen-bond donors (Lipinski definition) is 1. The number of tetrazole rings is 1. The molecule has 2 N–H and O–H groups in total. The second kappa shape index (κ2) is 3.96. The summed E-state index contributed by atoms with van der Waals surface area (Å²) < 4.78 is 1.57. The van der Waals surface area contributed by atoms with Crippen LogP contribution in [-0.4, -0.2) is 20.2 Å². The molecular formula is C9H10ClN5. The standard InChI is InChI=1S/C9H10ClN5/c1-6-2-3-7(4-8(6)10)15-9(5-11)12-13-14-15/h2-4H,5,11H2,1H3. The molecule has 0 fully saturated rings. The number of benzene rings is 1. The number of rotatable bonds is 2. The Hall–Kier alpha value is -1.46. The van der Waals surface area contributed by atoms with Gasteiger partial charge in [-0.25, -0.2) is 0 Å². The van der Waals surface area contributed by atoms with Gasteiger partial charge >= 0.3 is 0 Å². The van der Waals surface area contributed by atoms with E-state index < -0.39 is 0 Å². The maximum absolute atomic E-state index is 6.01. The lowest BCUT2D eigenvalue weighted by molar-refractivity contribution is 0.761. The van der Waals surface area contributed by atoms with Crippen molar-refractivity contribution in [3.05, 3.63) is 34.6 Å². The quantitative estimate of drug-likeness (QED) is 0.827. The fourth-order valence-electron chi connectivity index (χ4n) is 1.25. The summed E-state index contributed by atoms with van der Waals surface area (Å²) in [4.78, 5) is 0. The molecule has 0 amide bonds. The van der Waals surface area contributed by atoms with Crippen molar-refractivity contribution in [1.29, 1.82) is 0 Å². The van der Waals surface area contributed by atoms with E-state index in [1.807, 2.05) is 25.1 Å². The van der Waals surface area contributed by atoms with Crippen LogP contribution in [0.5, 0.6) is 0 Å². The van der Waals surface area contributed by atoms with Crippen molar-refractivity contribution in [1.82, 2.24) is 20.2 Å². The van der Waals surface area contributed by atoms with Crippen molar-refractivity contribution in [2.45, 2.75) is 13.5 Å². The molecule has 0 atom stereocenters. The van der Waals surface area contributed by atoms with Crippen LogP contribution in [0.25, 0.3) is 5.69 Å². The van der Waals surface area contributed by atoms with Crippen molar-refractivity contribution in [2.24, 2.45) is 5.73 Å². The maximum Gasteiger partial charge on any atom is 0.170 e. The van der Waals surface area contributed by atoms with E-state index in [0.717, 1.165) is 11.3 Å². The van der Waals surface area contributed by atoms with E-state index in [-0.39, 0.29) is 0 Å². The lowest BCUT2D eigenvalue weighted by Crippen LogP contribution is -2.08. The predicted octanol–water partition coefficient (Wildman–Crippen LogP) is 1.08. The summed E-state index contributed by atoms with van der Waals surface area (Å²) in [6.45, 7) is 2.23. The molecule has 1 aromatic carbocycles. The third kappa shape index (κ3) is 1.84. The minimum Gasteiger partial charge on any atom is -0.324 e. The van der Waals surface area contributed by atoms with Gasteiger partial charge in [0.15, 0.2) is 5.82 Å². The number of aromatic nitrogens is 4. The van der Waals surface area contributed by atoms with Gasteiger partial charge in [-0.2, -0.15) is 4.68 Å². The molecule has 0 aliphatic rings. The van der Waals surface area contributed by atoms with Gasteiger partial charge in [0, 0.05) is 5.02 Å². The highest BCUT2D eigenvalue weighted by Gasteiger charge is 2.07. The van der Waals surface area contributed by atoms with Gasteiger partial charge in [0.25, 0.3) is 0 Å². The molecule has 0 aliphatic carbocycles. The Labute approximate surface area is 91.8 Å². The van der Waals surface area contributed by atoms with Gasteiger partial charge in [0.1, 0.15) is 0 Å². The van der Waals surface area contributed by atoms with Crippen molar-refractivity contribution in [2.75, 3.05) is 0 Å². The highest BCUT2D eigenvalue weighted by Crippen LogP contribution is 2.19. The van der Waals surface area contributed by atoms with Gasteiger partial charge in [0.05, 0.1) is 12.2 Å². The van der Waals surface area contributed by atoms with E-state index in [1.54, 1.807) is 4.68 Å². The Morgan fingerprint density at radius 3 is 2.93 bits per heavy atom. The van der Waals surface area contributed by atoms with Crippen molar-refractivity contribution in [3.8, 4) is 5.69 Å². The van der Waals surface area contributed by atoms with Crippen LogP contribution >= 0.6 is 11.6 Å². The molecule has 0 bridgehead atoms. The summed E-state index contributed by atoms with van der Waals surface area (Å²) in [7, 11) is 0. The fraction of sp³-hybridized carbons (Fsp3) is 0.222. The summed E-state index contributed by atoms with van der Waals surface area (Å²) in [6, 6.07) is 5.63. The van der Waals surface area contributed by atoms with Crippen LogP contribution in [0.4, 0.5) is 0 Å². The summed E-state index contributed by atoms with van der Waals surface area (Å²) in [5, 5.41) is 11.9. The SMILES string of the molecule is Cc1ccc(-n2nnnc2CN)cc1Cl. The van der Waals surface area contributed by atoms with Gasteiger partial charge in [-0.1, -0.05) is 17.7 Å². The summed E-state index contributed by atoms with van der Waals surface area (Å²) >= 11 is 6.01. The zero-order chi connectivity index (χ0) is 10.8. The first-order valence-electron chi connectivity index (χ1n) is 4.46. The zero-order valence-electron chi connectivity index (χ0n) is 8.18. The third-order valence-electron chi connectivity index (χ3n) is 2.12. The molecule has 6 heteroatoms. The first-order valence-corrected chi connectivity index (χ1v) is 4.84. The molecule has 2 aromatic rings. The number of nitrogens with zero attached hydrogens (tertiary/aromatic N) is 4. The number of hydrogen-bond acceptors (Lipinski definition) is 4. The van der Waals surface area contributed by atoms with E-state index >= 15 is 0 Å². The normalized spacial score (nSPS) is 10.6. The van der Waals surface area contributed by atoms with Crippen molar-refractivity contribution < 1.29 is 0 Å². The van der Waals surface area contributed by atoms with Gasteiger partial charge in [-0.05, 0) is 35.0 Å². The van der Waals surface area contributed by atoms with Crippen LogP contribution in [0.2, 0.25) is 5.02 Å². The summed E-state index contributed by atoms with van der Waals surface area (Å²) in [5.41, 5.74) is 7.34. The summed E-state index contributed by atoms with van der Waals surface area (Å²) in [5.74, 6) is 0.606. The van der Waals surface area contributed by atoms with Gasteiger partial charge < -0.3 is 5.73 Å². The Morgan fingerprint density at radius 2 is 2.27 bits per heavy atom. The van der Waals surface area contributed by atoms with E-state index in [4.69, 9.17) is 17.3 Å². The Balaban J connectivity index is 2.50. The first kappa shape index (κ1) is 10.1. The summed E-state index contributed by atoms with van der Waals surface area (Å²) in [6.07, 6.45) is 0. The van der Waals surface area contributed by atoms with E-state index in [2.05, 4.69) is 15.5 Å². The largest absolute Gasteiger partial charge is 0.324 e.